The topological polar surface area (TPSA) is 65.0 Å². The van der Waals surface area contributed by atoms with Crippen LogP contribution >= 0.6 is 0 Å². The van der Waals surface area contributed by atoms with E-state index in [1.807, 2.05) is 62.4 Å². The molecule has 1 aliphatic heterocycles. The number of ether oxygens (including phenoxy) is 1. The van der Waals surface area contributed by atoms with Crippen molar-refractivity contribution >= 4 is 5.97 Å². The lowest BCUT2D eigenvalue weighted by molar-refractivity contribution is -0.481. The Bertz CT molecular complexity index is 724. The van der Waals surface area contributed by atoms with Crippen LogP contribution in [0.1, 0.15) is 48.4 Å². The van der Waals surface area contributed by atoms with E-state index in [1.165, 1.54) is 0 Å². The molecule has 1 unspecified atom stereocenters. The highest BCUT2D eigenvalue weighted by molar-refractivity contribution is 5.70. The minimum absolute atomic E-state index is 0.244. The highest BCUT2D eigenvalue weighted by Gasteiger charge is 2.48. The molecule has 5 nitrogen and oxygen atoms in total. The maximum absolute atomic E-state index is 11.8. The van der Waals surface area contributed by atoms with Crippen molar-refractivity contribution < 1.29 is 24.4 Å². The van der Waals surface area contributed by atoms with Crippen molar-refractivity contribution in [1.29, 1.82) is 0 Å². The number of hydrogen-bond acceptors (Lipinski definition) is 5. The van der Waals surface area contributed by atoms with Crippen LogP contribution in [0.4, 0.5) is 0 Å². The van der Waals surface area contributed by atoms with E-state index in [0.29, 0.717) is 6.42 Å². The fraction of sp³-hybridized carbons (Fsp3) is 0.409. The van der Waals surface area contributed by atoms with Crippen LogP contribution in [0.2, 0.25) is 0 Å². The van der Waals surface area contributed by atoms with Crippen LogP contribution in [0.3, 0.4) is 0 Å². The van der Waals surface area contributed by atoms with E-state index >= 15 is 0 Å². The van der Waals surface area contributed by atoms with Crippen molar-refractivity contribution in [1.82, 2.24) is 0 Å². The van der Waals surface area contributed by atoms with Crippen molar-refractivity contribution in [2.24, 2.45) is 0 Å². The third kappa shape index (κ3) is 4.21. The SMILES string of the molecule is CCOC(=O)CC1(O)CCC(c2ccc(C)cc2)(c2ccc(C)cc2)OO1. The molecule has 5 heteroatoms. The Labute approximate surface area is 159 Å². The molecule has 0 aromatic heterocycles. The Balaban J connectivity index is 1.90. The molecule has 0 amide bonds. The van der Waals surface area contributed by atoms with Gasteiger partial charge < -0.3 is 9.84 Å². The normalized spacial score (nSPS) is 21.6. The van der Waals surface area contributed by atoms with Gasteiger partial charge in [0, 0.05) is 6.42 Å². The van der Waals surface area contributed by atoms with Gasteiger partial charge in [0.1, 0.15) is 6.42 Å². The predicted molar refractivity (Wildman–Crippen MR) is 101 cm³/mol. The lowest BCUT2D eigenvalue weighted by atomic mass is 9.80. The summed E-state index contributed by atoms with van der Waals surface area (Å²) < 4.78 is 4.92. The molecular weight excluding hydrogens is 344 g/mol. The number of benzene rings is 2. The first-order valence-electron chi connectivity index (χ1n) is 9.26. The quantitative estimate of drug-likeness (QED) is 0.638. The van der Waals surface area contributed by atoms with Gasteiger partial charge in [-0.05, 0) is 38.3 Å². The molecule has 1 aliphatic rings. The Hall–Kier alpha value is -2.21. The smallest absolute Gasteiger partial charge is 0.311 e. The molecule has 2 aromatic carbocycles. The summed E-state index contributed by atoms with van der Waals surface area (Å²) in [6.07, 6.45) is 0.446. The van der Waals surface area contributed by atoms with Crippen LogP contribution in [0, 0.1) is 13.8 Å². The minimum Gasteiger partial charge on any atom is -0.466 e. The van der Waals surface area contributed by atoms with Crippen LogP contribution in [0.5, 0.6) is 0 Å². The Morgan fingerprint density at radius 1 is 0.963 bits per heavy atom. The average Bonchev–Trinajstić information content (AvgIpc) is 2.64. The number of aryl methyl sites for hydroxylation is 2. The first-order valence-corrected chi connectivity index (χ1v) is 9.26. The van der Waals surface area contributed by atoms with Crippen LogP contribution < -0.4 is 0 Å². The predicted octanol–water partition coefficient (Wildman–Crippen LogP) is 3.93. The number of aliphatic hydroxyl groups is 1. The molecule has 0 bridgehead atoms. The molecule has 0 spiro atoms. The second-order valence-corrected chi connectivity index (χ2v) is 7.15. The summed E-state index contributed by atoms with van der Waals surface area (Å²) in [5.74, 6) is -2.20. The van der Waals surface area contributed by atoms with Crippen LogP contribution in [0.15, 0.2) is 48.5 Å². The van der Waals surface area contributed by atoms with E-state index in [9.17, 15) is 9.90 Å². The largest absolute Gasteiger partial charge is 0.466 e. The molecular formula is C22H26O5. The van der Waals surface area contributed by atoms with E-state index in [4.69, 9.17) is 14.5 Å². The van der Waals surface area contributed by atoms with E-state index in [0.717, 1.165) is 22.3 Å². The summed E-state index contributed by atoms with van der Waals surface area (Å²) in [5, 5.41) is 10.6. The summed E-state index contributed by atoms with van der Waals surface area (Å²) in [4.78, 5) is 23.1. The van der Waals surface area contributed by atoms with Gasteiger partial charge in [0.2, 0.25) is 5.79 Å². The van der Waals surface area contributed by atoms with Crippen molar-refractivity contribution in [2.45, 2.75) is 51.4 Å². The van der Waals surface area contributed by atoms with Gasteiger partial charge in [-0.1, -0.05) is 59.7 Å². The number of rotatable bonds is 5. The van der Waals surface area contributed by atoms with Gasteiger partial charge in [-0.25, -0.2) is 4.89 Å². The number of hydrogen-bond donors (Lipinski definition) is 1. The van der Waals surface area contributed by atoms with Gasteiger partial charge in [0.15, 0.2) is 5.60 Å². The molecule has 1 fully saturated rings. The lowest BCUT2D eigenvalue weighted by Gasteiger charge is -2.42. The van der Waals surface area contributed by atoms with Gasteiger partial charge >= 0.3 is 5.97 Å². The molecule has 0 aliphatic carbocycles. The molecule has 1 atom stereocenters. The monoisotopic (exact) mass is 370 g/mol. The van der Waals surface area contributed by atoms with Crippen molar-refractivity contribution in [3.63, 3.8) is 0 Å². The molecule has 1 heterocycles. The highest BCUT2D eigenvalue weighted by atomic mass is 17.2. The van der Waals surface area contributed by atoms with E-state index in [1.54, 1.807) is 6.92 Å². The maximum atomic E-state index is 11.8. The number of carbonyl (C=O) groups is 1. The lowest BCUT2D eigenvalue weighted by Crippen LogP contribution is -2.47. The van der Waals surface area contributed by atoms with Crippen LogP contribution in [0.25, 0.3) is 0 Å². The standard InChI is InChI=1S/C22H26O5/c1-4-25-20(23)15-21(24)13-14-22(27-26-21,18-9-5-16(2)6-10-18)19-11-7-17(3)8-12-19/h5-12,24H,4,13-15H2,1-3H3. The molecule has 3 rings (SSSR count). The van der Waals surface area contributed by atoms with Gasteiger partial charge in [-0.15, -0.1) is 0 Å². The second-order valence-electron chi connectivity index (χ2n) is 7.15. The van der Waals surface area contributed by atoms with E-state index in [2.05, 4.69) is 0 Å². The van der Waals surface area contributed by atoms with Crippen molar-refractivity contribution in [2.75, 3.05) is 6.61 Å². The summed E-state index contributed by atoms with van der Waals surface area (Å²) >= 11 is 0. The third-order valence-corrected chi connectivity index (χ3v) is 4.97. The fourth-order valence-corrected chi connectivity index (χ4v) is 3.36. The zero-order chi connectivity index (χ0) is 19.5. The summed E-state index contributed by atoms with van der Waals surface area (Å²) in [6.45, 7) is 6.03. The average molecular weight is 370 g/mol. The summed E-state index contributed by atoms with van der Waals surface area (Å²) in [6, 6.07) is 16.1. The summed E-state index contributed by atoms with van der Waals surface area (Å²) in [7, 11) is 0. The fourth-order valence-electron chi connectivity index (χ4n) is 3.36. The maximum Gasteiger partial charge on any atom is 0.311 e. The van der Waals surface area contributed by atoms with Gasteiger partial charge in [0.25, 0.3) is 0 Å². The molecule has 0 saturated carbocycles. The molecule has 1 saturated heterocycles. The van der Waals surface area contributed by atoms with Gasteiger partial charge in [-0.3, -0.25) is 4.79 Å². The molecule has 1 N–H and O–H groups in total. The van der Waals surface area contributed by atoms with Crippen LogP contribution in [-0.2, 0) is 24.9 Å². The molecule has 27 heavy (non-hydrogen) atoms. The second kappa shape index (κ2) is 7.80. The van der Waals surface area contributed by atoms with Gasteiger partial charge in [-0.2, -0.15) is 4.89 Å². The van der Waals surface area contributed by atoms with Crippen LogP contribution in [-0.4, -0.2) is 23.5 Å². The van der Waals surface area contributed by atoms with Gasteiger partial charge in [0.05, 0.1) is 6.61 Å². The molecule has 144 valence electrons. The first-order chi connectivity index (χ1) is 12.9. The van der Waals surface area contributed by atoms with E-state index < -0.39 is 17.4 Å². The molecule has 2 aromatic rings. The number of carbonyl (C=O) groups excluding carboxylic acids is 1. The highest BCUT2D eigenvalue weighted by Crippen LogP contribution is 2.45. The number of esters is 1. The third-order valence-electron chi connectivity index (χ3n) is 4.97. The Kier molecular flexibility index (Phi) is 5.65. The first kappa shape index (κ1) is 19.5. The summed E-state index contributed by atoms with van der Waals surface area (Å²) in [5.41, 5.74) is 3.33. The van der Waals surface area contributed by atoms with Crippen molar-refractivity contribution in [3.8, 4) is 0 Å². The zero-order valence-corrected chi connectivity index (χ0v) is 16.0. The molecule has 0 radical (unpaired) electrons. The minimum atomic E-state index is -1.69. The Morgan fingerprint density at radius 2 is 1.48 bits per heavy atom. The van der Waals surface area contributed by atoms with Crippen molar-refractivity contribution in [3.05, 3.63) is 70.8 Å². The zero-order valence-electron chi connectivity index (χ0n) is 16.0. The van der Waals surface area contributed by atoms with E-state index in [-0.39, 0.29) is 19.4 Å². The Morgan fingerprint density at radius 3 is 1.89 bits per heavy atom.